The number of hydrogen-bond donors (Lipinski definition) is 2. The van der Waals surface area contributed by atoms with Crippen LogP contribution in [0.2, 0.25) is 0 Å². The van der Waals surface area contributed by atoms with Crippen LogP contribution in [0.15, 0.2) is 48.5 Å². The van der Waals surface area contributed by atoms with Gasteiger partial charge in [-0.15, -0.1) is 0 Å². The van der Waals surface area contributed by atoms with E-state index in [2.05, 4.69) is 8.37 Å². The van der Waals surface area contributed by atoms with Gasteiger partial charge in [-0.2, -0.15) is 16.8 Å². The van der Waals surface area contributed by atoms with Crippen molar-refractivity contribution in [2.24, 2.45) is 0 Å². The Morgan fingerprint density at radius 3 is 1.17 bits per heavy atom. The van der Waals surface area contributed by atoms with Crippen LogP contribution in [0.1, 0.15) is 11.1 Å². The van der Waals surface area contributed by atoms with Crippen molar-refractivity contribution in [3.8, 4) is 11.5 Å². The Kier molecular flexibility index (Phi) is 5.24. The van der Waals surface area contributed by atoms with E-state index in [4.69, 9.17) is 9.11 Å². The topological polar surface area (TPSA) is 127 Å². The molecule has 0 fully saturated rings. The smallest absolute Gasteiger partial charge is 0.362 e. The molecule has 0 aliphatic carbocycles. The highest BCUT2D eigenvalue weighted by atomic mass is 32.3. The molecule has 0 amide bonds. The summed E-state index contributed by atoms with van der Waals surface area (Å²) in [5.41, 5.74) is 1.46. The molecule has 0 aromatic heterocycles. The lowest BCUT2D eigenvalue weighted by Crippen LogP contribution is -2.06. The Balaban J connectivity index is 2.05. The quantitative estimate of drug-likeness (QED) is 0.584. The molecule has 128 valence electrons. The molecule has 0 unspecified atom stereocenters. The molecule has 2 aromatic carbocycles. The summed E-state index contributed by atoms with van der Waals surface area (Å²) in [6.07, 6.45) is 3.44. The van der Waals surface area contributed by atoms with Crippen molar-refractivity contribution < 1.29 is 34.3 Å². The van der Waals surface area contributed by atoms with Gasteiger partial charge in [-0.25, -0.2) is 0 Å². The van der Waals surface area contributed by atoms with Crippen molar-refractivity contribution in [2.45, 2.75) is 0 Å². The molecule has 2 aromatic rings. The fourth-order valence-corrected chi connectivity index (χ4v) is 2.41. The molecular formula is C14H12O8S2. The minimum Gasteiger partial charge on any atom is -0.362 e. The maximum Gasteiger partial charge on any atom is 0.446 e. The van der Waals surface area contributed by atoms with Gasteiger partial charge in [-0.3, -0.25) is 9.11 Å². The van der Waals surface area contributed by atoms with E-state index in [0.29, 0.717) is 0 Å². The fourth-order valence-electron chi connectivity index (χ4n) is 1.70. The van der Waals surface area contributed by atoms with Crippen LogP contribution in [0.4, 0.5) is 0 Å². The molecule has 2 rings (SSSR count). The van der Waals surface area contributed by atoms with E-state index in [0.717, 1.165) is 11.1 Å². The first kappa shape index (κ1) is 17.9. The third-order valence-corrected chi connectivity index (χ3v) is 3.44. The monoisotopic (exact) mass is 372 g/mol. The van der Waals surface area contributed by atoms with Crippen LogP contribution in [-0.2, 0) is 20.8 Å². The average molecular weight is 372 g/mol. The van der Waals surface area contributed by atoms with Gasteiger partial charge in [0.2, 0.25) is 0 Å². The first-order valence-corrected chi connectivity index (χ1v) is 9.06. The standard InChI is InChI=1S/C14H12O8S2/c15-23(16,17)21-13-7-3-11(4-8-13)1-2-12-5-9-14(10-6-12)22-24(18,19)20/h1-10H,(H,15,16,17)(H,18,19,20). The van der Waals surface area contributed by atoms with E-state index >= 15 is 0 Å². The Hall–Kier alpha value is -2.40. The molecule has 2 N–H and O–H groups in total. The lowest BCUT2D eigenvalue weighted by atomic mass is 10.1. The Labute approximate surface area is 138 Å². The minimum absolute atomic E-state index is 0.0265. The van der Waals surface area contributed by atoms with Gasteiger partial charge in [-0.1, -0.05) is 36.4 Å². The van der Waals surface area contributed by atoms with E-state index < -0.39 is 20.8 Å². The van der Waals surface area contributed by atoms with Gasteiger partial charge in [0.05, 0.1) is 0 Å². The number of rotatable bonds is 6. The van der Waals surface area contributed by atoms with Crippen LogP contribution in [0.25, 0.3) is 12.2 Å². The summed E-state index contributed by atoms with van der Waals surface area (Å²) >= 11 is 0. The van der Waals surface area contributed by atoms with Crippen molar-refractivity contribution in [1.29, 1.82) is 0 Å². The third-order valence-electron chi connectivity index (χ3n) is 2.63. The first-order valence-electron chi connectivity index (χ1n) is 6.33. The second-order valence-electron chi connectivity index (χ2n) is 4.49. The average Bonchev–Trinajstić information content (AvgIpc) is 2.45. The second kappa shape index (κ2) is 7.01. The minimum atomic E-state index is -4.55. The molecular weight excluding hydrogens is 360 g/mol. The van der Waals surface area contributed by atoms with E-state index in [1.54, 1.807) is 36.4 Å². The summed E-state index contributed by atoms with van der Waals surface area (Å²) in [6, 6.07) is 11.8. The molecule has 10 heteroatoms. The lowest BCUT2D eigenvalue weighted by molar-refractivity contribution is 0.384. The van der Waals surface area contributed by atoms with Crippen molar-refractivity contribution in [3.63, 3.8) is 0 Å². The molecule has 0 spiro atoms. The SMILES string of the molecule is O=S(=O)(O)Oc1ccc(C=Cc2ccc(OS(=O)(=O)O)cc2)cc1. The third kappa shape index (κ3) is 6.38. The highest BCUT2D eigenvalue weighted by Crippen LogP contribution is 2.18. The number of hydrogen-bond acceptors (Lipinski definition) is 6. The summed E-state index contributed by atoms with van der Waals surface area (Å²) in [5.74, 6) is -0.0530. The molecule has 0 saturated heterocycles. The molecule has 8 nitrogen and oxygen atoms in total. The summed E-state index contributed by atoms with van der Waals surface area (Å²) in [4.78, 5) is 0. The van der Waals surface area contributed by atoms with Crippen molar-refractivity contribution >= 4 is 33.0 Å². The van der Waals surface area contributed by atoms with Gasteiger partial charge in [0.25, 0.3) is 0 Å². The summed E-state index contributed by atoms with van der Waals surface area (Å²) in [7, 11) is -9.11. The Morgan fingerprint density at radius 2 is 0.917 bits per heavy atom. The van der Waals surface area contributed by atoms with E-state index in [1.165, 1.54) is 24.3 Å². The zero-order valence-corrected chi connectivity index (χ0v) is 13.6. The maximum atomic E-state index is 10.6. The van der Waals surface area contributed by atoms with Crippen LogP contribution in [-0.4, -0.2) is 25.9 Å². The molecule has 24 heavy (non-hydrogen) atoms. The van der Waals surface area contributed by atoms with Crippen LogP contribution < -0.4 is 8.37 Å². The van der Waals surface area contributed by atoms with Crippen LogP contribution in [0.3, 0.4) is 0 Å². The molecule has 0 radical (unpaired) electrons. The Bertz CT molecular complexity index is 848. The predicted octanol–water partition coefficient (Wildman–Crippen LogP) is 2.22. The largest absolute Gasteiger partial charge is 0.446 e. The van der Waals surface area contributed by atoms with Crippen LogP contribution in [0, 0.1) is 0 Å². The number of benzene rings is 2. The Morgan fingerprint density at radius 1 is 0.625 bits per heavy atom. The summed E-state index contributed by atoms with van der Waals surface area (Å²) in [6.45, 7) is 0. The molecule has 0 aliphatic rings. The lowest BCUT2D eigenvalue weighted by Gasteiger charge is -2.02. The molecule has 0 atom stereocenters. The van der Waals surface area contributed by atoms with E-state index in [1.807, 2.05) is 0 Å². The van der Waals surface area contributed by atoms with Crippen LogP contribution >= 0.6 is 0 Å². The van der Waals surface area contributed by atoms with Crippen molar-refractivity contribution in [3.05, 3.63) is 59.7 Å². The predicted molar refractivity (Wildman–Crippen MR) is 86.2 cm³/mol. The van der Waals surface area contributed by atoms with E-state index in [9.17, 15) is 16.8 Å². The molecule has 0 bridgehead atoms. The summed E-state index contributed by atoms with van der Waals surface area (Å²) in [5, 5.41) is 0. The van der Waals surface area contributed by atoms with Crippen molar-refractivity contribution in [1.82, 2.24) is 0 Å². The zero-order chi connectivity index (χ0) is 17.8. The van der Waals surface area contributed by atoms with Crippen LogP contribution in [0.5, 0.6) is 11.5 Å². The fraction of sp³-hybridized carbons (Fsp3) is 0. The summed E-state index contributed by atoms with van der Waals surface area (Å²) < 4.78 is 68.0. The van der Waals surface area contributed by atoms with Gasteiger partial charge in [0.15, 0.2) is 0 Å². The highest BCUT2D eigenvalue weighted by Gasteiger charge is 2.06. The normalized spacial score (nSPS) is 12.2. The van der Waals surface area contributed by atoms with Gasteiger partial charge in [-0.05, 0) is 35.4 Å². The first-order chi connectivity index (χ1) is 11.1. The maximum absolute atomic E-state index is 10.6. The molecule has 0 heterocycles. The van der Waals surface area contributed by atoms with Gasteiger partial charge in [0, 0.05) is 0 Å². The van der Waals surface area contributed by atoms with Gasteiger partial charge in [0.1, 0.15) is 11.5 Å². The molecule has 0 saturated carbocycles. The second-order valence-corrected chi connectivity index (χ2v) is 6.54. The zero-order valence-electron chi connectivity index (χ0n) is 11.9. The van der Waals surface area contributed by atoms with E-state index in [-0.39, 0.29) is 11.5 Å². The highest BCUT2D eigenvalue weighted by molar-refractivity contribution is 7.81. The van der Waals surface area contributed by atoms with Gasteiger partial charge >= 0.3 is 20.8 Å². The van der Waals surface area contributed by atoms with Crippen molar-refractivity contribution in [2.75, 3.05) is 0 Å². The molecule has 0 aliphatic heterocycles. The van der Waals surface area contributed by atoms with Gasteiger partial charge < -0.3 is 8.37 Å².